The highest BCUT2D eigenvalue weighted by Gasteiger charge is 2.25. The zero-order valence-corrected chi connectivity index (χ0v) is 13.5. The van der Waals surface area contributed by atoms with Crippen molar-refractivity contribution in [1.29, 1.82) is 0 Å². The van der Waals surface area contributed by atoms with Gasteiger partial charge in [-0.15, -0.1) is 0 Å². The quantitative estimate of drug-likeness (QED) is 0.854. The lowest BCUT2D eigenvalue weighted by Crippen LogP contribution is -2.35. The van der Waals surface area contributed by atoms with Crippen LogP contribution in [0.1, 0.15) is 32.3 Å². The maximum absolute atomic E-state index is 6.02. The molecule has 1 saturated heterocycles. The molecule has 0 amide bonds. The monoisotopic (exact) mass is 343 g/mol. The fourth-order valence-corrected chi connectivity index (χ4v) is 3.28. The van der Waals surface area contributed by atoms with Crippen molar-refractivity contribution in [3.05, 3.63) is 28.2 Å². The van der Waals surface area contributed by atoms with E-state index in [0.29, 0.717) is 4.99 Å². The van der Waals surface area contributed by atoms with Gasteiger partial charge >= 0.3 is 0 Å². The minimum Gasteiger partial charge on any atom is -0.490 e. The molecule has 1 fully saturated rings. The fraction of sp³-hybridized carbons (Fsp3) is 0.500. The Bertz CT molecular complexity index is 471. The van der Waals surface area contributed by atoms with Gasteiger partial charge < -0.3 is 15.2 Å². The Hall–Kier alpha value is -0.650. The van der Waals surface area contributed by atoms with E-state index in [1.165, 1.54) is 0 Å². The second-order valence-corrected chi connectivity index (χ2v) is 6.27. The SMILES string of the molecule is CC1CC(Oc2ccc(C(N)=S)c(Br)c2)CC(C)O1. The second-order valence-electron chi connectivity index (χ2n) is 4.97. The van der Waals surface area contributed by atoms with Crippen molar-refractivity contribution in [2.24, 2.45) is 5.73 Å². The topological polar surface area (TPSA) is 44.5 Å². The number of halogens is 1. The van der Waals surface area contributed by atoms with Gasteiger partial charge in [0.15, 0.2) is 0 Å². The molecule has 2 atom stereocenters. The predicted molar refractivity (Wildman–Crippen MR) is 83.7 cm³/mol. The molecular formula is C14H18BrNO2S. The lowest BCUT2D eigenvalue weighted by molar-refractivity contribution is -0.0721. The maximum Gasteiger partial charge on any atom is 0.120 e. The summed E-state index contributed by atoms with van der Waals surface area (Å²) in [6.45, 7) is 4.16. The van der Waals surface area contributed by atoms with E-state index in [1.807, 2.05) is 18.2 Å². The van der Waals surface area contributed by atoms with Gasteiger partial charge in [0.05, 0.1) is 12.2 Å². The molecule has 2 N–H and O–H groups in total. The molecule has 0 spiro atoms. The Morgan fingerprint density at radius 2 is 2.00 bits per heavy atom. The van der Waals surface area contributed by atoms with Crippen LogP contribution >= 0.6 is 28.1 Å². The van der Waals surface area contributed by atoms with Crippen molar-refractivity contribution in [2.45, 2.75) is 45.0 Å². The molecule has 3 nitrogen and oxygen atoms in total. The molecule has 0 aromatic heterocycles. The molecule has 5 heteroatoms. The zero-order chi connectivity index (χ0) is 14.0. The first-order valence-electron chi connectivity index (χ1n) is 6.37. The average Bonchev–Trinajstić information content (AvgIpc) is 2.26. The first-order chi connectivity index (χ1) is 8.95. The Morgan fingerprint density at radius 1 is 1.37 bits per heavy atom. The Morgan fingerprint density at radius 3 is 2.53 bits per heavy atom. The van der Waals surface area contributed by atoms with Crippen molar-refractivity contribution in [3.63, 3.8) is 0 Å². The smallest absolute Gasteiger partial charge is 0.120 e. The summed E-state index contributed by atoms with van der Waals surface area (Å²) in [5.74, 6) is 0.832. The minimum absolute atomic E-state index is 0.196. The molecule has 0 aliphatic carbocycles. The first-order valence-corrected chi connectivity index (χ1v) is 7.57. The molecule has 1 aliphatic heterocycles. The van der Waals surface area contributed by atoms with Crippen molar-refractivity contribution in [3.8, 4) is 5.75 Å². The number of hydrogen-bond donors (Lipinski definition) is 1. The summed E-state index contributed by atoms with van der Waals surface area (Å²) in [5.41, 5.74) is 6.46. The third kappa shape index (κ3) is 3.91. The predicted octanol–water partition coefficient (Wildman–Crippen LogP) is 3.42. The molecule has 1 aromatic carbocycles. The largest absolute Gasteiger partial charge is 0.490 e. The second kappa shape index (κ2) is 6.20. The summed E-state index contributed by atoms with van der Waals surface area (Å²) in [4.78, 5) is 0.381. The van der Waals surface area contributed by atoms with Gasteiger partial charge in [0, 0.05) is 22.9 Å². The summed E-state index contributed by atoms with van der Waals surface area (Å²) in [6, 6.07) is 5.71. The maximum atomic E-state index is 6.02. The molecule has 0 radical (unpaired) electrons. The standard InChI is InChI=1S/C14H18BrNO2S/c1-8-5-11(6-9(2)17-8)18-10-3-4-12(14(16)19)13(15)7-10/h3-4,7-9,11H,5-6H2,1-2H3,(H2,16,19). The van der Waals surface area contributed by atoms with Crippen LogP contribution in [0, 0.1) is 0 Å². The van der Waals surface area contributed by atoms with Gasteiger partial charge in [-0.1, -0.05) is 12.2 Å². The van der Waals surface area contributed by atoms with Gasteiger partial charge in [-0.25, -0.2) is 0 Å². The van der Waals surface area contributed by atoms with Crippen LogP contribution in [0.4, 0.5) is 0 Å². The van der Waals surface area contributed by atoms with Crippen molar-refractivity contribution in [2.75, 3.05) is 0 Å². The molecule has 0 saturated carbocycles. The summed E-state index contributed by atoms with van der Waals surface area (Å²) >= 11 is 8.44. The fourth-order valence-electron chi connectivity index (χ4n) is 2.40. The molecule has 1 aromatic rings. The van der Waals surface area contributed by atoms with Crippen molar-refractivity contribution >= 4 is 33.1 Å². The summed E-state index contributed by atoms with van der Waals surface area (Å²) in [6.07, 6.45) is 2.51. The Balaban J connectivity index is 2.07. The molecule has 2 rings (SSSR count). The van der Waals surface area contributed by atoms with E-state index in [4.69, 9.17) is 27.4 Å². The highest BCUT2D eigenvalue weighted by atomic mass is 79.9. The van der Waals surface area contributed by atoms with Gasteiger partial charge in [-0.3, -0.25) is 0 Å². The Kier molecular flexibility index (Phi) is 4.81. The number of nitrogens with two attached hydrogens (primary N) is 1. The zero-order valence-electron chi connectivity index (χ0n) is 11.1. The summed E-state index contributed by atoms with van der Waals surface area (Å²) in [7, 11) is 0. The van der Waals surface area contributed by atoms with Crippen LogP contribution in [-0.4, -0.2) is 23.3 Å². The van der Waals surface area contributed by atoms with E-state index in [2.05, 4.69) is 29.8 Å². The van der Waals surface area contributed by atoms with Crippen LogP contribution in [0.25, 0.3) is 0 Å². The van der Waals surface area contributed by atoms with Gasteiger partial charge in [-0.2, -0.15) is 0 Å². The van der Waals surface area contributed by atoms with Crippen LogP contribution in [0.5, 0.6) is 5.75 Å². The lowest BCUT2D eigenvalue weighted by atomic mass is 10.0. The number of benzene rings is 1. The van der Waals surface area contributed by atoms with Crippen LogP contribution in [0.3, 0.4) is 0 Å². The molecule has 19 heavy (non-hydrogen) atoms. The van der Waals surface area contributed by atoms with E-state index in [0.717, 1.165) is 28.6 Å². The third-order valence-electron chi connectivity index (χ3n) is 3.16. The van der Waals surface area contributed by atoms with Gasteiger partial charge in [0.2, 0.25) is 0 Å². The number of rotatable bonds is 3. The van der Waals surface area contributed by atoms with Crippen molar-refractivity contribution < 1.29 is 9.47 Å². The van der Waals surface area contributed by atoms with Gasteiger partial charge in [0.1, 0.15) is 16.8 Å². The van der Waals surface area contributed by atoms with E-state index >= 15 is 0 Å². The van der Waals surface area contributed by atoms with Crippen LogP contribution in [0.2, 0.25) is 0 Å². The van der Waals surface area contributed by atoms with E-state index in [9.17, 15) is 0 Å². The third-order valence-corrected chi connectivity index (χ3v) is 4.04. The van der Waals surface area contributed by atoms with Crippen LogP contribution in [0.15, 0.2) is 22.7 Å². The first kappa shape index (κ1) is 14.8. The molecular weight excluding hydrogens is 326 g/mol. The normalized spacial score (nSPS) is 27.0. The number of ether oxygens (including phenoxy) is 2. The molecule has 1 heterocycles. The lowest BCUT2D eigenvalue weighted by Gasteiger charge is -2.32. The average molecular weight is 344 g/mol. The van der Waals surface area contributed by atoms with E-state index < -0.39 is 0 Å². The number of hydrogen-bond acceptors (Lipinski definition) is 3. The van der Waals surface area contributed by atoms with Gasteiger partial charge in [0.25, 0.3) is 0 Å². The Labute approximate surface area is 127 Å². The van der Waals surface area contributed by atoms with Crippen LogP contribution in [-0.2, 0) is 4.74 Å². The van der Waals surface area contributed by atoms with Crippen molar-refractivity contribution in [1.82, 2.24) is 0 Å². The highest BCUT2D eigenvalue weighted by Crippen LogP contribution is 2.27. The summed E-state index contributed by atoms with van der Waals surface area (Å²) in [5, 5.41) is 0. The summed E-state index contributed by atoms with van der Waals surface area (Å²) < 4.78 is 12.6. The minimum atomic E-state index is 0.196. The van der Waals surface area contributed by atoms with E-state index in [-0.39, 0.29) is 18.3 Å². The molecule has 0 bridgehead atoms. The van der Waals surface area contributed by atoms with E-state index in [1.54, 1.807) is 0 Å². The van der Waals surface area contributed by atoms with Gasteiger partial charge in [-0.05, 0) is 48.0 Å². The van der Waals surface area contributed by atoms with Crippen LogP contribution < -0.4 is 10.5 Å². The highest BCUT2D eigenvalue weighted by molar-refractivity contribution is 9.10. The molecule has 104 valence electrons. The molecule has 1 aliphatic rings. The number of thiocarbonyl (C=S) groups is 1. The molecule has 2 unspecified atom stereocenters.